The van der Waals surface area contributed by atoms with Crippen molar-refractivity contribution in [1.82, 2.24) is 20.2 Å². The summed E-state index contributed by atoms with van der Waals surface area (Å²) < 4.78 is 7.15. The summed E-state index contributed by atoms with van der Waals surface area (Å²) in [6.45, 7) is 2.12. The van der Waals surface area contributed by atoms with Crippen LogP contribution in [0.3, 0.4) is 0 Å². The molecule has 3 heterocycles. The second kappa shape index (κ2) is 7.59. The van der Waals surface area contributed by atoms with Crippen molar-refractivity contribution in [2.24, 2.45) is 0 Å². The lowest BCUT2D eigenvalue weighted by Gasteiger charge is -2.18. The summed E-state index contributed by atoms with van der Waals surface area (Å²) in [5, 5.41) is 12.7. The lowest BCUT2D eigenvalue weighted by atomic mass is 10.1. The molecule has 0 radical (unpaired) electrons. The smallest absolute Gasteiger partial charge is 0.247 e. The average Bonchev–Trinajstić information content (AvgIpc) is 2.83. The normalized spacial score (nSPS) is 15.2. The van der Waals surface area contributed by atoms with Crippen molar-refractivity contribution in [2.45, 2.75) is 24.7 Å². The van der Waals surface area contributed by atoms with Crippen LogP contribution >= 0.6 is 27.7 Å². The van der Waals surface area contributed by atoms with E-state index in [9.17, 15) is 0 Å². The fourth-order valence-electron chi connectivity index (χ4n) is 2.61. The van der Waals surface area contributed by atoms with E-state index in [-0.39, 0.29) is 0 Å². The molecule has 2 aromatic heterocycles. The Balaban J connectivity index is 1.81. The first-order valence-corrected chi connectivity index (χ1v) is 10.0. The highest BCUT2D eigenvalue weighted by Gasteiger charge is 2.26. The molecule has 1 N–H and O–H groups in total. The minimum absolute atomic E-state index is 0.411. The molecule has 132 valence electrons. The number of rotatable bonds is 4. The van der Waals surface area contributed by atoms with Crippen LogP contribution in [0.4, 0.5) is 5.69 Å². The topological polar surface area (TPSA) is 72.8 Å². The van der Waals surface area contributed by atoms with Crippen molar-refractivity contribution in [3.05, 3.63) is 52.8 Å². The summed E-state index contributed by atoms with van der Waals surface area (Å²) in [5.74, 6) is 1.41. The Morgan fingerprint density at radius 1 is 1.27 bits per heavy atom. The number of hydrogen-bond donors (Lipinski definition) is 1. The molecule has 1 atom stereocenters. The Labute approximate surface area is 164 Å². The van der Waals surface area contributed by atoms with Crippen LogP contribution in [-0.2, 0) is 0 Å². The number of fused-ring (bicyclic) bond motifs is 3. The Bertz CT molecular complexity index is 925. The van der Waals surface area contributed by atoms with E-state index < -0.39 is 6.23 Å². The average molecular weight is 430 g/mol. The zero-order valence-electron chi connectivity index (χ0n) is 14.0. The summed E-state index contributed by atoms with van der Waals surface area (Å²) in [6, 6.07) is 9.81. The van der Waals surface area contributed by atoms with Crippen LogP contribution in [0.2, 0.25) is 0 Å². The Kier molecular flexibility index (Phi) is 5.03. The zero-order chi connectivity index (χ0) is 17.9. The van der Waals surface area contributed by atoms with Crippen LogP contribution in [0.15, 0.2) is 52.4 Å². The molecule has 4 rings (SSSR count). The molecule has 0 bridgehead atoms. The van der Waals surface area contributed by atoms with Crippen LogP contribution in [0, 0.1) is 0 Å². The molecule has 1 aliphatic rings. The van der Waals surface area contributed by atoms with E-state index in [4.69, 9.17) is 4.74 Å². The maximum absolute atomic E-state index is 6.19. The van der Waals surface area contributed by atoms with Crippen LogP contribution < -0.4 is 10.1 Å². The van der Waals surface area contributed by atoms with Gasteiger partial charge in [0, 0.05) is 39.4 Å². The van der Waals surface area contributed by atoms with E-state index in [1.165, 1.54) is 0 Å². The summed E-state index contributed by atoms with van der Waals surface area (Å²) in [7, 11) is 0. The molecule has 26 heavy (non-hydrogen) atoms. The standard InChI is InChI=1S/C18H16BrN5OS/c1-2-8-26-18-22-17-15(23-24-18)13-9-12(19)5-6-14(13)21-16(25-17)11-4-3-7-20-10-11/h3-7,9-10,16,21H,2,8H2,1H3/t16-/m1/s1. The van der Waals surface area contributed by atoms with Crippen molar-refractivity contribution in [1.29, 1.82) is 0 Å². The van der Waals surface area contributed by atoms with Gasteiger partial charge in [0.25, 0.3) is 0 Å². The highest BCUT2D eigenvalue weighted by molar-refractivity contribution is 9.10. The van der Waals surface area contributed by atoms with Crippen molar-refractivity contribution in [2.75, 3.05) is 11.1 Å². The van der Waals surface area contributed by atoms with Crippen LogP contribution in [0.1, 0.15) is 25.1 Å². The highest BCUT2D eigenvalue weighted by atomic mass is 79.9. The van der Waals surface area contributed by atoms with Gasteiger partial charge < -0.3 is 10.1 Å². The SMILES string of the molecule is CCCSc1nnc2c(n1)O[C@H](c1cccnc1)Nc1ccc(Br)cc1-2. The molecule has 0 amide bonds. The molecule has 3 aromatic rings. The molecule has 0 spiro atoms. The predicted molar refractivity (Wildman–Crippen MR) is 105 cm³/mol. The summed E-state index contributed by atoms with van der Waals surface area (Å²) in [4.78, 5) is 8.80. The molecular weight excluding hydrogens is 414 g/mol. The first-order valence-electron chi connectivity index (χ1n) is 8.25. The van der Waals surface area contributed by atoms with E-state index in [1.54, 1.807) is 24.2 Å². The molecule has 8 heteroatoms. The second-order valence-electron chi connectivity index (χ2n) is 5.72. The van der Waals surface area contributed by atoms with Gasteiger partial charge in [0.1, 0.15) is 0 Å². The zero-order valence-corrected chi connectivity index (χ0v) is 16.4. The van der Waals surface area contributed by atoms with E-state index in [1.807, 2.05) is 30.3 Å². The largest absolute Gasteiger partial charge is 0.448 e. The second-order valence-corrected chi connectivity index (χ2v) is 7.69. The fraction of sp³-hybridized carbons (Fsp3) is 0.222. The first kappa shape index (κ1) is 17.2. The summed E-state index contributed by atoms with van der Waals surface area (Å²) in [6.07, 6.45) is 4.15. The van der Waals surface area contributed by atoms with Gasteiger partial charge in [-0.2, -0.15) is 4.98 Å². The van der Waals surface area contributed by atoms with Crippen molar-refractivity contribution in [3.8, 4) is 17.1 Å². The molecular formula is C18H16BrN5OS. The third-order valence-electron chi connectivity index (χ3n) is 3.81. The molecule has 0 saturated heterocycles. The summed E-state index contributed by atoms with van der Waals surface area (Å²) >= 11 is 5.10. The third kappa shape index (κ3) is 3.52. The van der Waals surface area contributed by atoms with Crippen molar-refractivity contribution >= 4 is 33.4 Å². The number of halogens is 1. The van der Waals surface area contributed by atoms with Gasteiger partial charge in [-0.05, 0) is 30.7 Å². The molecule has 1 aromatic carbocycles. The minimum atomic E-state index is -0.411. The Morgan fingerprint density at radius 2 is 2.19 bits per heavy atom. The molecule has 0 aliphatic carbocycles. The predicted octanol–water partition coefficient (Wildman–Crippen LogP) is 4.70. The van der Waals surface area contributed by atoms with E-state index in [0.717, 1.165) is 33.5 Å². The van der Waals surface area contributed by atoms with E-state index in [0.29, 0.717) is 16.7 Å². The number of anilines is 1. The number of pyridine rings is 1. The van der Waals surface area contributed by atoms with Crippen LogP contribution in [0.25, 0.3) is 11.3 Å². The van der Waals surface area contributed by atoms with Crippen molar-refractivity contribution < 1.29 is 4.74 Å². The van der Waals surface area contributed by atoms with Crippen LogP contribution in [-0.4, -0.2) is 25.9 Å². The van der Waals surface area contributed by atoms with Gasteiger partial charge in [0.2, 0.25) is 11.0 Å². The van der Waals surface area contributed by atoms with Crippen LogP contribution in [0.5, 0.6) is 5.88 Å². The van der Waals surface area contributed by atoms with Gasteiger partial charge in [-0.25, -0.2) is 0 Å². The lowest BCUT2D eigenvalue weighted by Crippen LogP contribution is -2.17. The van der Waals surface area contributed by atoms with Gasteiger partial charge in [0.15, 0.2) is 11.9 Å². The van der Waals surface area contributed by atoms with Crippen molar-refractivity contribution in [3.63, 3.8) is 0 Å². The van der Waals surface area contributed by atoms with E-state index >= 15 is 0 Å². The Hall–Kier alpha value is -2.19. The van der Waals surface area contributed by atoms with Gasteiger partial charge in [-0.1, -0.05) is 40.7 Å². The molecule has 0 saturated carbocycles. The number of ether oxygens (including phenoxy) is 1. The number of hydrogen-bond acceptors (Lipinski definition) is 7. The van der Waals surface area contributed by atoms with E-state index in [2.05, 4.69) is 48.3 Å². The Morgan fingerprint density at radius 3 is 3.00 bits per heavy atom. The maximum Gasteiger partial charge on any atom is 0.247 e. The monoisotopic (exact) mass is 429 g/mol. The van der Waals surface area contributed by atoms with Gasteiger partial charge in [-0.3, -0.25) is 4.98 Å². The van der Waals surface area contributed by atoms with Gasteiger partial charge in [-0.15, -0.1) is 10.2 Å². The third-order valence-corrected chi connectivity index (χ3v) is 5.35. The molecule has 0 unspecified atom stereocenters. The van der Waals surface area contributed by atoms with Gasteiger partial charge >= 0.3 is 0 Å². The fourth-order valence-corrected chi connectivity index (χ4v) is 3.60. The number of nitrogens with zero attached hydrogens (tertiary/aromatic N) is 4. The number of thioether (sulfide) groups is 1. The summed E-state index contributed by atoms with van der Waals surface area (Å²) in [5.41, 5.74) is 3.34. The number of benzene rings is 1. The first-order chi connectivity index (χ1) is 12.7. The molecule has 6 nitrogen and oxygen atoms in total. The minimum Gasteiger partial charge on any atom is -0.448 e. The lowest BCUT2D eigenvalue weighted by molar-refractivity contribution is 0.225. The molecule has 0 fully saturated rings. The number of nitrogens with one attached hydrogen (secondary N) is 1. The maximum atomic E-state index is 6.19. The molecule has 1 aliphatic heterocycles. The highest BCUT2D eigenvalue weighted by Crippen LogP contribution is 2.40. The quantitative estimate of drug-likeness (QED) is 0.602. The number of aromatic nitrogens is 4. The van der Waals surface area contributed by atoms with Gasteiger partial charge in [0.05, 0.1) is 0 Å².